The summed E-state index contributed by atoms with van der Waals surface area (Å²) in [6.45, 7) is 1.22. The molecule has 2 aliphatic heterocycles. The second kappa shape index (κ2) is 14.1. The highest BCUT2D eigenvalue weighted by Crippen LogP contribution is 2.25. The van der Waals surface area contributed by atoms with Crippen LogP contribution in [0.4, 0.5) is 5.69 Å². The fourth-order valence-electron chi connectivity index (χ4n) is 4.30. The van der Waals surface area contributed by atoms with Crippen LogP contribution in [-0.4, -0.2) is 54.4 Å². The molecule has 4 amide bonds. The molecule has 4 rings (SSSR count). The first-order chi connectivity index (χ1) is 19.4. The van der Waals surface area contributed by atoms with Gasteiger partial charge in [-0.2, -0.15) is 0 Å². The van der Waals surface area contributed by atoms with Crippen molar-refractivity contribution in [1.29, 1.82) is 0 Å². The number of imide groups is 1. The third-order valence-electron chi connectivity index (χ3n) is 6.40. The first-order valence-electron chi connectivity index (χ1n) is 13.3. The number of amides is 4. The Bertz CT molecular complexity index is 1330. The number of para-hydroxylation sites is 1. The lowest BCUT2D eigenvalue weighted by Gasteiger charge is -2.26. The standard InChI is InChI=1S/C30H31N3O7/c34-26(11-5-19-39-20-6-12-30(38)40-33-28(36)15-16-29(33)37)31-18-17-27(35)32-21-24-9-2-1-7-22(24)13-14-23-8-3-4-10-25(23)32/h1-4,7-10H,5-6,11-12,15-21H2,(H,31,34). The predicted octanol–water partition coefficient (Wildman–Crippen LogP) is 2.62. The maximum absolute atomic E-state index is 13.2. The van der Waals surface area contributed by atoms with E-state index in [2.05, 4.69) is 17.2 Å². The second-order valence-electron chi connectivity index (χ2n) is 9.37. The minimum atomic E-state index is -0.669. The molecule has 1 fully saturated rings. The van der Waals surface area contributed by atoms with Crippen LogP contribution in [0.2, 0.25) is 0 Å². The van der Waals surface area contributed by atoms with Gasteiger partial charge in [-0.15, -0.1) is 5.06 Å². The molecular formula is C30H31N3O7. The van der Waals surface area contributed by atoms with Crippen LogP contribution in [0.5, 0.6) is 0 Å². The Morgan fingerprint density at radius 2 is 1.48 bits per heavy atom. The van der Waals surface area contributed by atoms with Crippen LogP contribution < -0.4 is 10.2 Å². The molecule has 0 bridgehead atoms. The highest BCUT2D eigenvalue weighted by atomic mass is 16.7. The topological polar surface area (TPSA) is 122 Å². The van der Waals surface area contributed by atoms with E-state index in [0.717, 1.165) is 22.4 Å². The number of hydrogen-bond donors (Lipinski definition) is 1. The number of carbonyl (C=O) groups is 5. The molecule has 2 aromatic rings. The minimum absolute atomic E-state index is 0.00519. The van der Waals surface area contributed by atoms with E-state index in [1.807, 2.05) is 48.5 Å². The third kappa shape index (κ3) is 7.77. The van der Waals surface area contributed by atoms with Gasteiger partial charge in [0.25, 0.3) is 11.8 Å². The van der Waals surface area contributed by atoms with E-state index in [1.165, 1.54) is 0 Å². The zero-order chi connectivity index (χ0) is 28.3. The molecule has 0 unspecified atom stereocenters. The summed E-state index contributed by atoms with van der Waals surface area (Å²) in [5, 5.41) is 3.32. The number of nitrogens with one attached hydrogen (secondary N) is 1. The van der Waals surface area contributed by atoms with Gasteiger partial charge in [-0.25, -0.2) is 4.79 Å². The lowest BCUT2D eigenvalue weighted by atomic mass is 10.0. The second-order valence-corrected chi connectivity index (χ2v) is 9.37. The van der Waals surface area contributed by atoms with Gasteiger partial charge in [0.2, 0.25) is 11.8 Å². The van der Waals surface area contributed by atoms with Gasteiger partial charge in [0.1, 0.15) is 0 Å². The van der Waals surface area contributed by atoms with E-state index >= 15 is 0 Å². The molecule has 2 aliphatic rings. The number of rotatable bonds is 12. The van der Waals surface area contributed by atoms with Gasteiger partial charge < -0.3 is 19.8 Å². The highest BCUT2D eigenvalue weighted by Gasteiger charge is 2.32. The molecule has 0 aromatic heterocycles. The number of ether oxygens (including phenoxy) is 1. The fraction of sp³-hybridized carbons (Fsp3) is 0.367. The SMILES string of the molecule is O=C(CCCOCCCC(=O)ON1C(=O)CCC1=O)NCCC(=O)N1Cc2ccccc2C#Cc2ccccc21. The maximum atomic E-state index is 13.2. The van der Waals surface area contributed by atoms with Crippen molar-refractivity contribution in [3.05, 3.63) is 65.2 Å². The quantitative estimate of drug-likeness (QED) is 0.247. The maximum Gasteiger partial charge on any atom is 0.333 e. The Kier molecular flexibility index (Phi) is 10.0. The number of anilines is 1. The van der Waals surface area contributed by atoms with Crippen LogP contribution in [-0.2, 0) is 40.1 Å². The van der Waals surface area contributed by atoms with E-state index in [1.54, 1.807) is 4.90 Å². The summed E-state index contributed by atoms with van der Waals surface area (Å²) in [6, 6.07) is 15.3. The Hall–Kier alpha value is -4.49. The van der Waals surface area contributed by atoms with E-state index in [4.69, 9.17) is 9.57 Å². The van der Waals surface area contributed by atoms with Gasteiger partial charge >= 0.3 is 5.97 Å². The molecule has 208 valence electrons. The Labute approximate surface area is 232 Å². The molecule has 0 aliphatic carbocycles. The van der Waals surface area contributed by atoms with Gasteiger partial charge in [0.15, 0.2) is 0 Å². The van der Waals surface area contributed by atoms with Gasteiger partial charge in [-0.05, 0) is 36.6 Å². The van der Waals surface area contributed by atoms with Crippen LogP contribution in [0.3, 0.4) is 0 Å². The van der Waals surface area contributed by atoms with Crippen molar-refractivity contribution in [3.8, 4) is 11.8 Å². The third-order valence-corrected chi connectivity index (χ3v) is 6.40. The molecular weight excluding hydrogens is 514 g/mol. The Morgan fingerprint density at radius 3 is 2.25 bits per heavy atom. The van der Waals surface area contributed by atoms with Crippen molar-refractivity contribution < 1.29 is 33.5 Å². The molecule has 0 atom stereocenters. The number of fused-ring (bicyclic) bond motifs is 2. The molecule has 0 radical (unpaired) electrons. The molecule has 10 nitrogen and oxygen atoms in total. The fourth-order valence-corrected chi connectivity index (χ4v) is 4.30. The van der Waals surface area contributed by atoms with Crippen LogP contribution in [0.15, 0.2) is 48.5 Å². The summed E-state index contributed by atoms with van der Waals surface area (Å²) >= 11 is 0. The van der Waals surface area contributed by atoms with Crippen LogP contribution in [0.1, 0.15) is 61.6 Å². The molecule has 1 saturated heterocycles. The molecule has 10 heteroatoms. The zero-order valence-electron chi connectivity index (χ0n) is 22.1. The molecule has 2 heterocycles. The van der Waals surface area contributed by atoms with Crippen molar-refractivity contribution in [1.82, 2.24) is 10.4 Å². The number of nitrogens with zero attached hydrogens (tertiary/aromatic N) is 2. The summed E-state index contributed by atoms with van der Waals surface area (Å²) in [5.74, 6) is 4.39. The molecule has 0 saturated carbocycles. The lowest BCUT2D eigenvalue weighted by Crippen LogP contribution is -2.35. The van der Waals surface area contributed by atoms with Crippen molar-refractivity contribution in [2.75, 3.05) is 24.7 Å². The van der Waals surface area contributed by atoms with Crippen LogP contribution in [0, 0.1) is 11.8 Å². The van der Waals surface area contributed by atoms with E-state index in [-0.39, 0.29) is 57.1 Å². The average Bonchev–Trinajstić information content (AvgIpc) is 3.25. The lowest BCUT2D eigenvalue weighted by molar-refractivity contribution is -0.197. The van der Waals surface area contributed by atoms with E-state index in [9.17, 15) is 24.0 Å². The summed E-state index contributed by atoms with van der Waals surface area (Å²) in [4.78, 5) is 66.6. The molecule has 0 spiro atoms. The van der Waals surface area contributed by atoms with Crippen LogP contribution >= 0.6 is 0 Å². The smallest absolute Gasteiger partial charge is 0.333 e. The first kappa shape index (κ1) is 28.5. The Morgan fingerprint density at radius 1 is 0.825 bits per heavy atom. The number of hydroxylamine groups is 2. The average molecular weight is 546 g/mol. The predicted molar refractivity (Wildman–Crippen MR) is 144 cm³/mol. The molecule has 40 heavy (non-hydrogen) atoms. The normalized spacial score (nSPS) is 13.9. The number of hydrogen-bond acceptors (Lipinski definition) is 7. The first-order valence-corrected chi connectivity index (χ1v) is 13.3. The van der Waals surface area contributed by atoms with Gasteiger partial charge in [-0.3, -0.25) is 19.2 Å². The highest BCUT2D eigenvalue weighted by molar-refractivity contribution is 6.01. The molecule has 1 N–H and O–H groups in total. The summed E-state index contributed by atoms with van der Waals surface area (Å²) in [7, 11) is 0. The van der Waals surface area contributed by atoms with E-state index < -0.39 is 17.8 Å². The summed E-state index contributed by atoms with van der Waals surface area (Å²) in [6.07, 6.45) is 1.34. The van der Waals surface area contributed by atoms with Crippen molar-refractivity contribution in [3.63, 3.8) is 0 Å². The number of benzene rings is 2. The number of carbonyl (C=O) groups excluding carboxylic acids is 5. The Balaban J connectivity index is 1.12. The zero-order valence-corrected chi connectivity index (χ0v) is 22.1. The summed E-state index contributed by atoms with van der Waals surface area (Å²) < 4.78 is 5.45. The van der Waals surface area contributed by atoms with Crippen LogP contribution in [0.25, 0.3) is 0 Å². The largest absolute Gasteiger partial charge is 0.381 e. The van der Waals surface area contributed by atoms with Crippen molar-refractivity contribution >= 4 is 35.3 Å². The summed E-state index contributed by atoms with van der Waals surface area (Å²) in [5.41, 5.74) is 3.39. The van der Waals surface area contributed by atoms with Gasteiger partial charge in [0.05, 0.1) is 18.7 Å². The van der Waals surface area contributed by atoms with Crippen molar-refractivity contribution in [2.24, 2.45) is 0 Å². The monoisotopic (exact) mass is 545 g/mol. The van der Waals surface area contributed by atoms with Gasteiger partial charge in [-0.1, -0.05) is 42.2 Å². The van der Waals surface area contributed by atoms with Gasteiger partial charge in [0, 0.05) is 56.6 Å². The minimum Gasteiger partial charge on any atom is -0.381 e. The molecule has 2 aromatic carbocycles. The van der Waals surface area contributed by atoms with E-state index in [0.29, 0.717) is 31.1 Å². The van der Waals surface area contributed by atoms with Crippen molar-refractivity contribution in [2.45, 2.75) is 51.5 Å².